The Kier molecular flexibility index (Phi) is 3.79. The van der Waals surface area contributed by atoms with Gasteiger partial charge < -0.3 is 15.1 Å². The lowest BCUT2D eigenvalue weighted by atomic mass is 9.95. The van der Waals surface area contributed by atoms with E-state index < -0.39 is 11.5 Å². The van der Waals surface area contributed by atoms with Crippen LogP contribution in [0.25, 0.3) is 5.65 Å². The first-order valence-corrected chi connectivity index (χ1v) is 9.50. The minimum atomic E-state index is -0.666. The summed E-state index contributed by atoms with van der Waals surface area (Å²) in [5.74, 6) is -0.149. The van der Waals surface area contributed by atoms with Crippen LogP contribution in [0.1, 0.15) is 27.5 Å². The number of aliphatic hydroxyl groups is 2. The number of hydrogen-bond donors (Lipinski definition) is 2. The van der Waals surface area contributed by atoms with Crippen LogP contribution in [0.4, 0.5) is 0 Å². The number of aliphatic hydroxyl groups excluding tert-OH is 2. The van der Waals surface area contributed by atoms with Crippen molar-refractivity contribution in [1.82, 2.24) is 19.5 Å². The van der Waals surface area contributed by atoms with E-state index in [0.29, 0.717) is 17.8 Å². The van der Waals surface area contributed by atoms with Gasteiger partial charge in [0.25, 0.3) is 5.91 Å². The highest BCUT2D eigenvalue weighted by Gasteiger charge is 2.71. The second-order valence-corrected chi connectivity index (χ2v) is 7.85. The highest BCUT2D eigenvalue weighted by Crippen LogP contribution is 2.68. The molecule has 2 aromatic heterocycles. The van der Waals surface area contributed by atoms with Crippen LogP contribution in [0, 0.1) is 18.3 Å². The molecule has 7 nitrogen and oxygen atoms in total. The standard InChI is InChI=1S/C21H22N4O3/c1-13-15(9-22-18-7-8-23-25(13)18)20(28)24-10-17(27)21(12-24)16(11-26)19(21)14-5-3-2-4-6-14/h2-9,16-17,19,26-27H,10-12H2,1H3/t16-,17+,19-,21-/m1/s1. The van der Waals surface area contributed by atoms with Crippen molar-refractivity contribution in [1.29, 1.82) is 0 Å². The molecule has 144 valence electrons. The number of benzene rings is 1. The highest BCUT2D eigenvalue weighted by molar-refractivity contribution is 5.95. The van der Waals surface area contributed by atoms with Crippen LogP contribution in [-0.2, 0) is 0 Å². The summed E-state index contributed by atoms with van der Waals surface area (Å²) in [5, 5.41) is 25.0. The second-order valence-electron chi connectivity index (χ2n) is 7.85. The van der Waals surface area contributed by atoms with Crippen LogP contribution in [0.15, 0.2) is 48.8 Å². The summed E-state index contributed by atoms with van der Waals surface area (Å²) in [6.45, 7) is 2.53. The van der Waals surface area contributed by atoms with E-state index in [9.17, 15) is 15.0 Å². The SMILES string of the molecule is Cc1c(C(=O)N2C[C@H](O)[C@@]3(C2)[C@H](CO)[C@H]3c2ccccc2)cnc2ccnn12. The van der Waals surface area contributed by atoms with Crippen LogP contribution in [0.2, 0.25) is 0 Å². The summed E-state index contributed by atoms with van der Waals surface area (Å²) in [7, 11) is 0. The second kappa shape index (κ2) is 6.12. The summed E-state index contributed by atoms with van der Waals surface area (Å²) >= 11 is 0. The molecule has 0 radical (unpaired) electrons. The van der Waals surface area contributed by atoms with E-state index in [1.165, 1.54) is 0 Å². The molecule has 1 aliphatic heterocycles. The number of carbonyl (C=O) groups is 1. The molecule has 2 aliphatic rings. The first kappa shape index (κ1) is 17.3. The number of nitrogens with zero attached hydrogens (tertiary/aromatic N) is 4. The van der Waals surface area contributed by atoms with Crippen molar-refractivity contribution in [2.45, 2.75) is 18.9 Å². The third-order valence-corrected chi connectivity index (χ3v) is 6.57. The van der Waals surface area contributed by atoms with Gasteiger partial charge in [-0.2, -0.15) is 5.10 Å². The van der Waals surface area contributed by atoms with Gasteiger partial charge in [-0.25, -0.2) is 9.50 Å². The summed E-state index contributed by atoms with van der Waals surface area (Å²) in [6, 6.07) is 11.7. The molecule has 1 saturated carbocycles. The topological polar surface area (TPSA) is 91.0 Å². The maximum atomic E-state index is 13.2. The Hall–Kier alpha value is -2.77. The van der Waals surface area contributed by atoms with Crippen molar-refractivity contribution in [3.8, 4) is 0 Å². The average molecular weight is 378 g/mol. The zero-order valence-corrected chi connectivity index (χ0v) is 15.6. The number of fused-ring (bicyclic) bond motifs is 1. The van der Waals surface area contributed by atoms with Crippen LogP contribution < -0.4 is 0 Å². The molecule has 2 N–H and O–H groups in total. The fourth-order valence-corrected chi connectivity index (χ4v) is 5.09. The van der Waals surface area contributed by atoms with Gasteiger partial charge in [0.1, 0.15) is 0 Å². The Morgan fingerprint density at radius 3 is 2.82 bits per heavy atom. The van der Waals surface area contributed by atoms with Gasteiger partial charge in [-0.15, -0.1) is 0 Å². The van der Waals surface area contributed by atoms with E-state index >= 15 is 0 Å². The number of carbonyl (C=O) groups excluding carboxylic acids is 1. The summed E-state index contributed by atoms with van der Waals surface area (Å²) < 4.78 is 1.65. The summed E-state index contributed by atoms with van der Waals surface area (Å²) in [4.78, 5) is 19.2. The number of hydrogen-bond acceptors (Lipinski definition) is 5. The van der Waals surface area contributed by atoms with E-state index in [-0.39, 0.29) is 30.9 Å². The molecule has 4 atom stereocenters. The number of amides is 1. The molecule has 1 aromatic carbocycles. The fourth-order valence-electron chi connectivity index (χ4n) is 5.09. The maximum Gasteiger partial charge on any atom is 0.257 e. The molecule has 2 fully saturated rings. The van der Waals surface area contributed by atoms with Crippen LogP contribution in [-0.4, -0.2) is 61.4 Å². The minimum absolute atomic E-state index is 0.00151. The van der Waals surface area contributed by atoms with Crippen LogP contribution in [0.5, 0.6) is 0 Å². The lowest BCUT2D eigenvalue weighted by Crippen LogP contribution is -2.31. The molecule has 3 heterocycles. The fraction of sp³-hybridized carbons (Fsp3) is 0.381. The van der Waals surface area contributed by atoms with Gasteiger partial charge in [-0.05, 0) is 24.3 Å². The third-order valence-electron chi connectivity index (χ3n) is 6.57. The quantitative estimate of drug-likeness (QED) is 0.716. The first-order chi connectivity index (χ1) is 13.6. The van der Waals surface area contributed by atoms with Crippen molar-refractivity contribution >= 4 is 11.6 Å². The summed E-state index contributed by atoms with van der Waals surface area (Å²) in [5.41, 5.74) is 2.52. The molecular formula is C21H22N4O3. The van der Waals surface area contributed by atoms with E-state index in [2.05, 4.69) is 10.1 Å². The van der Waals surface area contributed by atoms with Gasteiger partial charge in [0.15, 0.2) is 5.65 Å². The molecule has 28 heavy (non-hydrogen) atoms. The molecule has 3 aromatic rings. The van der Waals surface area contributed by atoms with Gasteiger partial charge in [0.2, 0.25) is 0 Å². The van der Waals surface area contributed by atoms with Gasteiger partial charge in [-0.1, -0.05) is 30.3 Å². The predicted molar refractivity (Wildman–Crippen MR) is 102 cm³/mol. The lowest BCUT2D eigenvalue weighted by molar-refractivity contribution is 0.0762. The molecule has 7 heteroatoms. The van der Waals surface area contributed by atoms with Crippen molar-refractivity contribution in [3.05, 3.63) is 65.6 Å². The van der Waals surface area contributed by atoms with Crippen molar-refractivity contribution in [2.24, 2.45) is 11.3 Å². The zero-order valence-electron chi connectivity index (χ0n) is 15.6. The molecule has 1 saturated heterocycles. The molecule has 1 aliphatic carbocycles. The molecule has 0 unspecified atom stereocenters. The molecular weight excluding hydrogens is 356 g/mol. The number of aryl methyl sites for hydroxylation is 1. The average Bonchev–Trinajstić information content (AvgIpc) is 2.97. The summed E-state index contributed by atoms with van der Waals surface area (Å²) in [6.07, 6.45) is 2.57. The molecule has 1 amide bonds. The lowest BCUT2D eigenvalue weighted by Gasteiger charge is -2.18. The van der Waals surface area contributed by atoms with E-state index in [1.807, 2.05) is 37.3 Å². The van der Waals surface area contributed by atoms with E-state index in [4.69, 9.17) is 0 Å². The Bertz CT molecular complexity index is 1050. The zero-order chi connectivity index (χ0) is 19.5. The Balaban J connectivity index is 1.45. The number of rotatable bonds is 3. The normalized spacial score (nSPS) is 29.0. The van der Waals surface area contributed by atoms with E-state index in [0.717, 1.165) is 11.3 Å². The van der Waals surface area contributed by atoms with Crippen molar-refractivity contribution in [2.75, 3.05) is 19.7 Å². The van der Waals surface area contributed by atoms with Crippen molar-refractivity contribution in [3.63, 3.8) is 0 Å². The Morgan fingerprint density at radius 2 is 2.07 bits per heavy atom. The number of likely N-dealkylation sites (tertiary alicyclic amines) is 1. The Morgan fingerprint density at radius 1 is 1.29 bits per heavy atom. The van der Waals surface area contributed by atoms with Gasteiger partial charge in [0.05, 0.1) is 23.6 Å². The number of aromatic nitrogens is 3. The first-order valence-electron chi connectivity index (χ1n) is 9.50. The molecule has 1 spiro atoms. The maximum absolute atomic E-state index is 13.2. The van der Waals surface area contributed by atoms with Crippen LogP contribution >= 0.6 is 0 Å². The highest BCUT2D eigenvalue weighted by atomic mass is 16.3. The predicted octanol–water partition coefficient (Wildman–Crippen LogP) is 1.25. The van der Waals surface area contributed by atoms with Gasteiger partial charge >= 0.3 is 0 Å². The smallest absolute Gasteiger partial charge is 0.257 e. The third kappa shape index (κ3) is 2.26. The van der Waals surface area contributed by atoms with E-state index in [1.54, 1.807) is 27.9 Å². The minimum Gasteiger partial charge on any atom is -0.396 e. The largest absolute Gasteiger partial charge is 0.396 e. The number of β-amino-alcohol motifs (C(OH)–C–C–N with tert-alkyl or cyclic N) is 1. The van der Waals surface area contributed by atoms with Gasteiger partial charge in [-0.3, -0.25) is 4.79 Å². The monoisotopic (exact) mass is 378 g/mol. The molecule has 5 rings (SSSR count). The van der Waals surface area contributed by atoms with Crippen molar-refractivity contribution < 1.29 is 15.0 Å². The Labute approximate surface area is 162 Å². The van der Waals surface area contributed by atoms with Gasteiger partial charge in [0, 0.05) is 37.4 Å². The van der Waals surface area contributed by atoms with Crippen LogP contribution in [0.3, 0.4) is 0 Å². The molecule has 0 bridgehead atoms.